The van der Waals surface area contributed by atoms with Crippen LogP contribution in [0.5, 0.6) is 0 Å². The molecule has 2 heterocycles. The molecule has 0 spiro atoms. The summed E-state index contributed by atoms with van der Waals surface area (Å²) in [4.78, 5) is 15.7. The highest BCUT2D eigenvalue weighted by Gasteiger charge is 2.15. The van der Waals surface area contributed by atoms with Crippen LogP contribution in [0.4, 0.5) is 0 Å². The zero-order valence-corrected chi connectivity index (χ0v) is 15.2. The van der Waals surface area contributed by atoms with E-state index in [2.05, 4.69) is 14.8 Å². The summed E-state index contributed by atoms with van der Waals surface area (Å²) in [6, 6.07) is 7.82. The Morgan fingerprint density at radius 2 is 1.96 bits per heavy atom. The summed E-state index contributed by atoms with van der Waals surface area (Å²) in [6.45, 7) is 1.49. The number of hydrogen-bond acceptors (Lipinski definition) is 5. The maximum absolute atomic E-state index is 12.5. The number of benzene rings is 1. The average Bonchev–Trinajstić information content (AvgIpc) is 3.07. The maximum Gasteiger partial charge on any atom is 0.240 e. The zero-order chi connectivity index (χ0) is 18.7. The van der Waals surface area contributed by atoms with Crippen LogP contribution in [-0.2, 0) is 23.6 Å². The van der Waals surface area contributed by atoms with Crippen molar-refractivity contribution in [2.24, 2.45) is 7.05 Å². The Hall–Kier alpha value is -2.84. The topological polar surface area (TPSA) is 93.9 Å². The largest absolute Gasteiger partial charge is 0.295 e. The maximum atomic E-state index is 12.5. The van der Waals surface area contributed by atoms with Crippen LogP contribution in [0, 0.1) is 0 Å². The van der Waals surface area contributed by atoms with E-state index in [1.165, 1.54) is 19.1 Å². The molecule has 0 saturated carbocycles. The number of aromatic nitrogens is 3. The van der Waals surface area contributed by atoms with Crippen molar-refractivity contribution in [3.63, 3.8) is 0 Å². The second-order valence-electron chi connectivity index (χ2n) is 5.89. The lowest BCUT2D eigenvalue weighted by atomic mass is 10.1. The van der Waals surface area contributed by atoms with Crippen LogP contribution in [0.2, 0.25) is 0 Å². The first-order valence-corrected chi connectivity index (χ1v) is 9.37. The Balaban J connectivity index is 1.78. The van der Waals surface area contributed by atoms with Crippen LogP contribution in [-0.4, -0.2) is 29.0 Å². The lowest BCUT2D eigenvalue weighted by Crippen LogP contribution is -2.23. The molecule has 1 N–H and O–H groups in total. The number of carbonyl (C=O) groups excluding carboxylic acids is 1. The first kappa shape index (κ1) is 18.0. The highest BCUT2D eigenvalue weighted by Crippen LogP contribution is 2.19. The summed E-state index contributed by atoms with van der Waals surface area (Å²) in [6.07, 6.45) is 6.89. The fourth-order valence-electron chi connectivity index (χ4n) is 2.46. The lowest BCUT2D eigenvalue weighted by molar-refractivity contribution is 0.101. The molecule has 0 unspecified atom stereocenters. The van der Waals surface area contributed by atoms with E-state index < -0.39 is 10.0 Å². The number of hydrogen-bond donors (Lipinski definition) is 1. The van der Waals surface area contributed by atoms with Crippen molar-refractivity contribution in [1.29, 1.82) is 0 Å². The van der Waals surface area contributed by atoms with Gasteiger partial charge >= 0.3 is 0 Å². The van der Waals surface area contributed by atoms with E-state index in [4.69, 9.17) is 0 Å². The van der Waals surface area contributed by atoms with Gasteiger partial charge in [-0.2, -0.15) is 5.10 Å². The average molecular weight is 370 g/mol. The fourth-order valence-corrected chi connectivity index (χ4v) is 3.52. The molecule has 7 nitrogen and oxygen atoms in total. The van der Waals surface area contributed by atoms with Gasteiger partial charge in [0.2, 0.25) is 10.0 Å². The van der Waals surface area contributed by atoms with Gasteiger partial charge in [0.1, 0.15) is 0 Å². The first-order valence-electron chi connectivity index (χ1n) is 7.89. The van der Waals surface area contributed by atoms with Crippen molar-refractivity contribution in [2.75, 3.05) is 0 Å². The van der Waals surface area contributed by atoms with Gasteiger partial charge in [0.05, 0.1) is 11.1 Å². The van der Waals surface area contributed by atoms with Crippen molar-refractivity contribution >= 4 is 15.8 Å². The highest BCUT2D eigenvalue weighted by molar-refractivity contribution is 7.89. The third-order valence-corrected chi connectivity index (χ3v) is 5.25. The standard InChI is InChI=1S/C18H18N4O3S/c1-13(23)15-4-3-5-18(7-15)26(24,25)21-9-14-6-16(10-19-8-14)17-11-20-22(2)12-17/h3-8,10-12,21H,9H2,1-2H3. The predicted octanol–water partition coefficient (Wildman–Crippen LogP) is 2.16. The van der Waals surface area contributed by atoms with Crippen molar-refractivity contribution in [3.05, 3.63) is 66.2 Å². The Kier molecular flexibility index (Phi) is 4.97. The van der Waals surface area contributed by atoms with E-state index in [1.807, 2.05) is 19.3 Å². The third kappa shape index (κ3) is 4.04. The Bertz CT molecular complexity index is 1060. The Morgan fingerprint density at radius 1 is 1.15 bits per heavy atom. The number of Topliss-reactive ketones (excluding diaryl/α,β-unsaturated/α-hetero) is 1. The molecule has 0 amide bonds. The van der Waals surface area contributed by atoms with E-state index >= 15 is 0 Å². The summed E-state index contributed by atoms with van der Waals surface area (Å²) in [5.41, 5.74) is 2.83. The van der Waals surface area contributed by atoms with Crippen LogP contribution in [0.3, 0.4) is 0 Å². The number of carbonyl (C=O) groups is 1. The SMILES string of the molecule is CC(=O)c1cccc(S(=O)(=O)NCc2cncc(-c3cnn(C)c3)c2)c1. The van der Waals surface area contributed by atoms with Crippen molar-refractivity contribution < 1.29 is 13.2 Å². The minimum atomic E-state index is -3.73. The molecule has 0 radical (unpaired) electrons. The first-order chi connectivity index (χ1) is 12.3. The number of nitrogens with zero attached hydrogens (tertiary/aromatic N) is 3. The van der Waals surface area contributed by atoms with Gasteiger partial charge in [-0.15, -0.1) is 0 Å². The molecular weight excluding hydrogens is 352 g/mol. The number of aryl methyl sites for hydroxylation is 1. The smallest absolute Gasteiger partial charge is 0.240 e. The van der Waals surface area contributed by atoms with E-state index in [0.717, 1.165) is 16.7 Å². The minimum Gasteiger partial charge on any atom is -0.295 e. The van der Waals surface area contributed by atoms with Crippen LogP contribution >= 0.6 is 0 Å². The molecule has 0 saturated heterocycles. The molecule has 26 heavy (non-hydrogen) atoms. The number of sulfonamides is 1. The van der Waals surface area contributed by atoms with Crippen molar-refractivity contribution in [3.8, 4) is 11.1 Å². The molecule has 0 atom stereocenters. The van der Waals surface area contributed by atoms with Gasteiger partial charge in [0, 0.05) is 48.9 Å². The summed E-state index contributed by atoms with van der Waals surface area (Å²) in [7, 11) is -1.91. The predicted molar refractivity (Wildman–Crippen MR) is 96.9 cm³/mol. The summed E-state index contributed by atoms with van der Waals surface area (Å²) in [5.74, 6) is -0.185. The summed E-state index contributed by atoms with van der Waals surface area (Å²) in [5, 5.41) is 4.12. The molecule has 1 aromatic carbocycles. The molecule has 0 aliphatic rings. The van der Waals surface area contributed by atoms with Crippen LogP contribution < -0.4 is 4.72 Å². The van der Waals surface area contributed by atoms with E-state index in [1.54, 1.807) is 35.4 Å². The number of ketones is 1. The quantitative estimate of drug-likeness (QED) is 0.671. The molecule has 8 heteroatoms. The van der Waals surface area contributed by atoms with Gasteiger partial charge in [-0.1, -0.05) is 12.1 Å². The summed E-state index contributed by atoms with van der Waals surface area (Å²) < 4.78 is 29.2. The Morgan fingerprint density at radius 3 is 2.65 bits per heavy atom. The van der Waals surface area contributed by atoms with Gasteiger partial charge in [0.25, 0.3) is 0 Å². The molecule has 3 aromatic rings. The van der Waals surface area contributed by atoms with Crippen LogP contribution in [0.25, 0.3) is 11.1 Å². The lowest BCUT2D eigenvalue weighted by Gasteiger charge is -2.08. The molecular formula is C18H18N4O3S. The monoisotopic (exact) mass is 370 g/mol. The molecule has 134 valence electrons. The molecule has 0 aliphatic heterocycles. The van der Waals surface area contributed by atoms with Crippen LogP contribution in [0.15, 0.2) is 60.0 Å². The number of nitrogens with one attached hydrogen (secondary N) is 1. The van der Waals surface area contributed by atoms with Crippen molar-refractivity contribution in [2.45, 2.75) is 18.4 Å². The van der Waals surface area contributed by atoms with E-state index in [-0.39, 0.29) is 17.2 Å². The molecule has 0 bridgehead atoms. The van der Waals surface area contributed by atoms with Gasteiger partial charge in [0.15, 0.2) is 5.78 Å². The molecule has 0 fully saturated rings. The van der Waals surface area contributed by atoms with Gasteiger partial charge in [-0.3, -0.25) is 14.5 Å². The number of pyridine rings is 1. The second kappa shape index (κ2) is 7.19. The van der Waals surface area contributed by atoms with E-state index in [9.17, 15) is 13.2 Å². The molecule has 0 aliphatic carbocycles. The Labute approximate surface area is 151 Å². The number of rotatable bonds is 6. The summed E-state index contributed by atoms with van der Waals surface area (Å²) >= 11 is 0. The highest BCUT2D eigenvalue weighted by atomic mass is 32.2. The van der Waals surface area contributed by atoms with Crippen LogP contribution in [0.1, 0.15) is 22.8 Å². The second-order valence-corrected chi connectivity index (χ2v) is 7.66. The normalized spacial score (nSPS) is 11.5. The zero-order valence-electron chi connectivity index (χ0n) is 14.4. The van der Waals surface area contributed by atoms with Gasteiger partial charge in [-0.05, 0) is 30.7 Å². The van der Waals surface area contributed by atoms with Gasteiger partial charge < -0.3 is 0 Å². The van der Waals surface area contributed by atoms with E-state index in [0.29, 0.717) is 5.56 Å². The third-order valence-electron chi connectivity index (χ3n) is 3.85. The van der Waals surface area contributed by atoms with Crippen molar-refractivity contribution in [1.82, 2.24) is 19.5 Å². The fraction of sp³-hybridized carbons (Fsp3) is 0.167. The molecule has 3 rings (SSSR count). The minimum absolute atomic E-state index is 0.0570. The molecule has 2 aromatic heterocycles. The van der Waals surface area contributed by atoms with Gasteiger partial charge in [-0.25, -0.2) is 13.1 Å².